The first kappa shape index (κ1) is 19.0. The number of β-amino-alcohol motifs (C(OH)–C–C–N with tert-alkyl or cyclic N) is 1. The zero-order valence-electron chi connectivity index (χ0n) is 14.3. The molecule has 6 nitrogen and oxygen atoms in total. The minimum atomic E-state index is -4.11. The van der Waals surface area contributed by atoms with Crippen LogP contribution >= 0.6 is 15.9 Å². The fraction of sp³-hybridized carbons (Fsp3) is 0.158. The van der Waals surface area contributed by atoms with Crippen LogP contribution in [-0.4, -0.2) is 26.3 Å². The fourth-order valence-electron chi connectivity index (χ4n) is 2.98. The number of halogens is 2. The predicted octanol–water partition coefficient (Wildman–Crippen LogP) is 2.89. The summed E-state index contributed by atoms with van der Waals surface area (Å²) in [6, 6.07) is 17.8. The van der Waals surface area contributed by atoms with Gasteiger partial charge in [0.2, 0.25) is 0 Å². The smallest absolute Gasteiger partial charge is 0.304 e. The zero-order chi connectivity index (χ0) is 19.9. The lowest BCUT2D eigenvalue weighted by Crippen LogP contribution is -2.31. The molecule has 0 bridgehead atoms. The molecule has 0 radical (unpaired) electrons. The summed E-state index contributed by atoms with van der Waals surface area (Å²) in [5.74, 6) is -0.758. The summed E-state index contributed by atoms with van der Waals surface area (Å²) in [7, 11) is -4.11. The van der Waals surface area contributed by atoms with Crippen molar-refractivity contribution in [2.75, 3.05) is 10.8 Å². The van der Waals surface area contributed by atoms with E-state index in [0.717, 1.165) is 9.87 Å². The summed E-state index contributed by atoms with van der Waals surface area (Å²) >= 11 is 3.22. The van der Waals surface area contributed by atoms with Gasteiger partial charge in [-0.1, -0.05) is 42.5 Å². The molecule has 1 saturated heterocycles. The molecule has 1 aliphatic heterocycles. The molecule has 3 aromatic rings. The molecule has 4 rings (SSSR count). The first-order chi connectivity index (χ1) is 13.3. The zero-order valence-corrected chi connectivity index (χ0v) is 16.7. The highest BCUT2D eigenvalue weighted by molar-refractivity contribution is 9.10. The molecule has 9 heteroatoms. The van der Waals surface area contributed by atoms with E-state index in [1.807, 2.05) is 35.1 Å². The second kappa shape index (κ2) is 7.22. The average Bonchev–Trinajstić information content (AvgIpc) is 2.93. The maximum absolute atomic E-state index is 15.4. The number of nitrogens with one attached hydrogen (secondary N) is 1. The molecule has 0 aliphatic carbocycles. The molecule has 0 aromatic heterocycles. The third kappa shape index (κ3) is 3.52. The van der Waals surface area contributed by atoms with Gasteiger partial charge in [0.05, 0.1) is 11.0 Å². The van der Waals surface area contributed by atoms with Crippen molar-refractivity contribution in [3.05, 3.63) is 70.5 Å². The molecule has 1 aliphatic rings. The van der Waals surface area contributed by atoms with E-state index in [1.165, 1.54) is 12.1 Å². The van der Waals surface area contributed by atoms with Crippen LogP contribution in [0.25, 0.3) is 10.8 Å². The van der Waals surface area contributed by atoms with Crippen LogP contribution in [-0.2, 0) is 16.8 Å². The quantitative estimate of drug-likeness (QED) is 0.622. The Labute approximate surface area is 169 Å². The molecular formula is C19H14BrFN2O4S. The van der Waals surface area contributed by atoms with Crippen molar-refractivity contribution in [2.45, 2.75) is 12.8 Å². The normalized spacial score (nSPS) is 18.2. The van der Waals surface area contributed by atoms with E-state index in [2.05, 4.69) is 28.1 Å². The van der Waals surface area contributed by atoms with Gasteiger partial charge in [0.1, 0.15) is 24.3 Å². The number of nitrogens with zero attached hydrogens (tertiary/aromatic N) is 1. The van der Waals surface area contributed by atoms with Crippen LogP contribution in [0.15, 0.2) is 46.9 Å². The number of aliphatic hydroxyl groups is 1. The van der Waals surface area contributed by atoms with Gasteiger partial charge < -0.3 is 9.84 Å². The highest BCUT2D eigenvalue weighted by Crippen LogP contribution is 2.39. The first-order valence-electron chi connectivity index (χ1n) is 8.25. The SMILES string of the molecule is O=S1(=O)NC(O)CN1c1c(OCc2ccccc2)cc2c#cc(Br)cc2c1F. The Morgan fingerprint density at radius 3 is 2.71 bits per heavy atom. The van der Waals surface area contributed by atoms with Gasteiger partial charge in [-0.25, -0.2) is 8.70 Å². The van der Waals surface area contributed by atoms with Gasteiger partial charge in [-0.05, 0) is 33.6 Å². The van der Waals surface area contributed by atoms with Gasteiger partial charge in [0.15, 0.2) is 5.82 Å². The van der Waals surface area contributed by atoms with Gasteiger partial charge in [-0.3, -0.25) is 0 Å². The minimum absolute atomic E-state index is 0.0281. The van der Waals surface area contributed by atoms with Crippen LogP contribution in [0.3, 0.4) is 0 Å². The topological polar surface area (TPSA) is 78.9 Å². The Morgan fingerprint density at radius 2 is 2.04 bits per heavy atom. The largest absolute Gasteiger partial charge is 0.487 e. The van der Waals surface area contributed by atoms with Gasteiger partial charge >= 0.3 is 10.2 Å². The van der Waals surface area contributed by atoms with E-state index >= 15 is 4.39 Å². The molecule has 1 unspecified atom stereocenters. The van der Waals surface area contributed by atoms with Gasteiger partial charge in [-0.2, -0.15) is 13.1 Å². The number of rotatable bonds is 4. The van der Waals surface area contributed by atoms with E-state index in [-0.39, 0.29) is 30.0 Å². The molecule has 1 atom stereocenters. The Balaban J connectivity index is 1.85. The second-order valence-corrected chi connectivity index (χ2v) is 8.67. The third-order valence-corrected chi connectivity index (χ3v) is 6.14. The molecule has 144 valence electrons. The summed E-state index contributed by atoms with van der Waals surface area (Å²) in [5.41, 5.74) is 0.571. The Kier molecular flexibility index (Phi) is 4.89. The van der Waals surface area contributed by atoms with Crippen LogP contribution in [0.1, 0.15) is 5.56 Å². The van der Waals surface area contributed by atoms with Crippen molar-refractivity contribution >= 4 is 42.6 Å². The second-order valence-electron chi connectivity index (χ2n) is 6.18. The number of fused-ring (bicyclic) bond motifs is 1. The third-order valence-electron chi connectivity index (χ3n) is 4.23. The van der Waals surface area contributed by atoms with E-state index in [9.17, 15) is 13.5 Å². The molecule has 28 heavy (non-hydrogen) atoms. The van der Waals surface area contributed by atoms with Gasteiger partial charge in [-0.15, -0.1) is 0 Å². The molecule has 2 N–H and O–H groups in total. The van der Waals surface area contributed by atoms with Crippen LogP contribution in [0.4, 0.5) is 10.1 Å². The maximum atomic E-state index is 15.4. The molecule has 0 spiro atoms. The predicted molar refractivity (Wildman–Crippen MR) is 105 cm³/mol. The standard InChI is InChI=1S/C19H14BrFN2O4S/c20-14-7-6-13-8-16(27-11-12-4-2-1-3-5-12)19(18(21)15(13)9-14)23-10-17(24)22-28(23,25)26/h1-5,8-9,17,22,24H,10-11H2. The molecule has 3 aromatic carbocycles. The van der Waals surface area contributed by atoms with Crippen molar-refractivity contribution < 1.29 is 22.7 Å². The van der Waals surface area contributed by atoms with E-state index < -0.39 is 22.3 Å². The molecule has 0 amide bonds. The van der Waals surface area contributed by atoms with E-state index in [0.29, 0.717) is 9.86 Å². The number of aliphatic hydroxyl groups excluding tert-OH is 1. The Bertz CT molecular complexity index is 1140. The van der Waals surface area contributed by atoms with Crippen LogP contribution in [0.5, 0.6) is 5.75 Å². The van der Waals surface area contributed by atoms with Crippen molar-refractivity contribution in [2.24, 2.45) is 0 Å². The lowest BCUT2D eigenvalue weighted by molar-refractivity contribution is 0.183. The Hall–Kier alpha value is -2.38. The fourth-order valence-corrected chi connectivity index (χ4v) is 4.60. The Morgan fingerprint density at radius 1 is 1.29 bits per heavy atom. The summed E-state index contributed by atoms with van der Waals surface area (Å²) in [4.78, 5) is 0. The number of benzene rings is 2. The summed E-state index contributed by atoms with van der Waals surface area (Å²) in [6.45, 7) is -0.223. The molecule has 1 fully saturated rings. The maximum Gasteiger partial charge on any atom is 0.304 e. The van der Waals surface area contributed by atoms with Crippen molar-refractivity contribution in [3.63, 3.8) is 0 Å². The monoisotopic (exact) mass is 464 g/mol. The van der Waals surface area contributed by atoms with E-state index in [1.54, 1.807) is 0 Å². The number of hydrogen-bond donors (Lipinski definition) is 2. The number of anilines is 1. The minimum Gasteiger partial charge on any atom is -0.487 e. The highest BCUT2D eigenvalue weighted by atomic mass is 79.9. The lowest BCUT2D eigenvalue weighted by atomic mass is 10.1. The number of hydrogen-bond acceptors (Lipinski definition) is 4. The summed E-state index contributed by atoms with van der Waals surface area (Å²) in [6.07, 6.45) is -1.34. The lowest BCUT2D eigenvalue weighted by Gasteiger charge is -2.21. The van der Waals surface area contributed by atoms with Crippen LogP contribution < -0.4 is 13.8 Å². The number of ether oxygens (including phenoxy) is 1. The van der Waals surface area contributed by atoms with Crippen molar-refractivity contribution in [3.8, 4) is 5.75 Å². The first-order valence-corrected chi connectivity index (χ1v) is 10.5. The summed E-state index contributed by atoms with van der Waals surface area (Å²) in [5, 5.41) is 10.3. The van der Waals surface area contributed by atoms with E-state index in [4.69, 9.17) is 4.74 Å². The van der Waals surface area contributed by atoms with Crippen molar-refractivity contribution in [1.82, 2.24) is 4.72 Å². The average molecular weight is 465 g/mol. The van der Waals surface area contributed by atoms with Gasteiger partial charge in [0.25, 0.3) is 0 Å². The van der Waals surface area contributed by atoms with Gasteiger partial charge in [0, 0.05) is 10.8 Å². The molecular weight excluding hydrogens is 451 g/mol. The van der Waals surface area contributed by atoms with Crippen LogP contribution in [0, 0.1) is 17.9 Å². The van der Waals surface area contributed by atoms with Crippen molar-refractivity contribution in [1.29, 1.82) is 0 Å². The summed E-state index contributed by atoms with van der Waals surface area (Å²) < 4.78 is 49.2. The molecule has 1 heterocycles. The molecule has 0 saturated carbocycles. The van der Waals surface area contributed by atoms with Crippen LogP contribution in [0.2, 0.25) is 0 Å². The highest BCUT2D eigenvalue weighted by Gasteiger charge is 2.38.